The number of nitrogens with zero attached hydrogens (tertiary/aromatic N) is 6. The first kappa shape index (κ1) is 31.8. The van der Waals surface area contributed by atoms with Crippen LogP contribution in [0, 0.1) is 5.82 Å². The number of aliphatic hydroxyl groups is 1. The molecule has 11 nitrogen and oxygen atoms in total. The quantitative estimate of drug-likeness (QED) is 0.390. The van der Waals surface area contributed by atoms with E-state index in [0.717, 1.165) is 56.2 Å². The number of morpholine rings is 1. The molecule has 2 saturated heterocycles. The zero-order chi connectivity index (χ0) is 32.0. The molecular weight excluding hydrogens is 577 g/mol. The van der Waals surface area contributed by atoms with Crippen LogP contribution in [-0.4, -0.2) is 112 Å². The number of carbonyl (C=O) groups excluding carboxylic acids is 1. The molecule has 0 spiro atoms. The van der Waals surface area contributed by atoms with Gasteiger partial charge in [-0.3, -0.25) is 14.6 Å². The number of anilines is 1. The summed E-state index contributed by atoms with van der Waals surface area (Å²) in [5.41, 5.74) is 2.67. The van der Waals surface area contributed by atoms with Crippen LogP contribution in [0.1, 0.15) is 51.4 Å². The van der Waals surface area contributed by atoms with Crippen molar-refractivity contribution in [1.82, 2.24) is 29.3 Å². The van der Waals surface area contributed by atoms with Crippen molar-refractivity contribution in [3.05, 3.63) is 63.5 Å². The maximum Gasteiger partial charge on any atom is 0.350 e. The van der Waals surface area contributed by atoms with Crippen molar-refractivity contribution < 1.29 is 19.0 Å². The molecule has 244 valence electrons. The number of carbonyl (C=O) groups is 1. The predicted molar refractivity (Wildman–Crippen MR) is 170 cm³/mol. The van der Waals surface area contributed by atoms with Crippen LogP contribution in [0.2, 0.25) is 0 Å². The SMILES string of the molecule is C[C@@H]1CN(CC(=O)N2CC(C)(C)c3c2cc(Cc2ccc(F)cc2)c2nn(C[C@@H](C)O)c(=O)n32)[C@@H](CN2CCOC[C@H]2C)CN1. The minimum absolute atomic E-state index is 0.00699. The second-order valence-electron chi connectivity index (χ2n) is 13.9. The predicted octanol–water partition coefficient (Wildman–Crippen LogP) is 1.61. The van der Waals surface area contributed by atoms with E-state index in [4.69, 9.17) is 4.74 Å². The number of pyridine rings is 1. The van der Waals surface area contributed by atoms with Crippen LogP contribution in [0.15, 0.2) is 35.1 Å². The zero-order valence-corrected chi connectivity index (χ0v) is 27.0. The molecule has 4 atom stereocenters. The van der Waals surface area contributed by atoms with Crippen LogP contribution < -0.4 is 15.9 Å². The Morgan fingerprint density at radius 1 is 1.22 bits per heavy atom. The molecule has 1 aromatic carbocycles. The highest BCUT2D eigenvalue weighted by molar-refractivity contribution is 5.97. The number of amides is 1. The molecule has 0 bridgehead atoms. The van der Waals surface area contributed by atoms with Crippen molar-refractivity contribution in [3.8, 4) is 0 Å². The third-order valence-corrected chi connectivity index (χ3v) is 9.45. The first-order valence-electron chi connectivity index (χ1n) is 16.1. The Labute approximate surface area is 263 Å². The Hall–Kier alpha value is -3.16. The number of piperazine rings is 1. The molecule has 0 radical (unpaired) electrons. The van der Waals surface area contributed by atoms with Crippen molar-refractivity contribution in [3.63, 3.8) is 0 Å². The van der Waals surface area contributed by atoms with Crippen molar-refractivity contribution in [1.29, 1.82) is 0 Å². The number of nitrogens with one attached hydrogen (secondary N) is 1. The second kappa shape index (κ2) is 12.6. The number of fused-ring (bicyclic) bond motifs is 3. The first-order valence-corrected chi connectivity index (χ1v) is 16.1. The lowest BCUT2D eigenvalue weighted by Gasteiger charge is -2.43. The molecule has 45 heavy (non-hydrogen) atoms. The van der Waals surface area contributed by atoms with Gasteiger partial charge in [-0.2, -0.15) is 0 Å². The maximum atomic E-state index is 14.3. The highest BCUT2D eigenvalue weighted by Crippen LogP contribution is 2.42. The molecular formula is C33H46FN7O4. The third-order valence-electron chi connectivity index (χ3n) is 9.45. The van der Waals surface area contributed by atoms with Crippen molar-refractivity contribution >= 4 is 17.2 Å². The molecule has 2 aromatic heterocycles. The summed E-state index contributed by atoms with van der Waals surface area (Å²) in [7, 11) is 0. The topological polar surface area (TPSA) is 108 Å². The number of aromatic nitrogens is 3. The van der Waals surface area contributed by atoms with Gasteiger partial charge in [0, 0.05) is 68.2 Å². The summed E-state index contributed by atoms with van der Waals surface area (Å²) in [4.78, 5) is 34.7. The molecule has 3 aliphatic heterocycles. The maximum absolute atomic E-state index is 14.3. The molecule has 2 N–H and O–H groups in total. The minimum Gasteiger partial charge on any atom is -0.391 e. The summed E-state index contributed by atoms with van der Waals surface area (Å²) in [5.74, 6) is -0.329. The van der Waals surface area contributed by atoms with E-state index in [1.807, 2.05) is 24.8 Å². The molecule has 5 heterocycles. The van der Waals surface area contributed by atoms with Gasteiger partial charge in [0.25, 0.3) is 0 Å². The Morgan fingerprint density at radius 3 is 2.69 bits per heavy atom. The lowest BCUT2D eigenvalue weighted by Crippen LogP contribution is -2.62. The molecule has 0 saturated carbocycles. The van der Waals surface area contributed by atoms with Crippen molar-refractivity contribution in [2.24, 2.45) is 0 Å². The minimum atomic E-state index is -0.762. The van der Waals surface area contributed by atoms with Crippen LogP contribution in [-0.2, 0) is 27.9 Å². The summed E-state index contributed by atoms with van der Waals surface area (Å²) in [6, 6.07) is 9.02. The Kier molecular flexibility index (Phi) is 8.88. The van der Waals surface area contributed by atoms with Gasteiger partial charge >= 0.3 is 5.69 Å². The Balaban J connectivity index is 1.36. The normalized spacial score (nSPS) is 24.7. The average molecular weight is 624 g/mol. The molecule has 2 fully saturated rings. The largest absolute Gasteiger partial charge is 0.391 e. The van der Waals surface area contributed by atoms with Gasteiger partial charge < -0.3 is 20.1 Å². The Morgan fingerprint density at radius 2 is 1.98 bits per heavy atom. The van der Waals surface area contributed by atoms with E-state index in [1.165, 1.54) is 16.8 Å². The van der Waals surface area contributed by atoms with Gasteiger partial charge in [-0.15, -0.1) is 5.10 Å². The number of hydrogen-bond acceptors (Lipinski definition) is 8. The molecule has 3 aliphatic rings. The molecule has 12 heteroatoms. The monoisotopic (exact) mass is 623 g/mol. The van der Waals surface area contributed by atoms with E-state index in [0.29, 0.717) is 30.3 Å². The van der Waals surface area contributed by atoms with Crippen LogP contribution in [0.5, 0.6) is 0 Å². The number of benzene rings is 1. The fraction of sp³-hybridized carbons (Fsp3) is 0.606. The summed E-state index contributed by atoms with van der Waals surface area (Å²) in [6.45, 7) is 15.6. The van der Waals surface area contributed by atoms with Gasteiger partial charge in [-0.25, -0.2) is 18.3 Å². The van der Waals surface area contributed by atoms with Crippen LogP contribution in [0.25, 0.3) is 5.65 Å². The van der Waals surface area contributed by atoms with Crippen LogP contribution >= 0.6 is 0 Å². The van der Waals surface area contributed by atoms with Crippen molar-refractivity contribution in [2.45, 2.75) is 77.2 Å². The molecule has 0 aliphatic carbocycles. The average Bonchev–Trinajstić information content (AvgIpc) is 3.44. The van der Waals surface area contributed by atoms with E-state index in [9.17, 15) is 19.1 Å². The highest BCUT2D eigenvalue weighted by Gasteiger charge is 2.43. The van der Waals surface area contributed by atoms with E-state index < -0.39 is 11.5 Å². The number of halogens is 1. The smallest absolute Gasteiger partial charge is 0.350 e. The van der Waals surface area contributed by atoms with Gasteiger partial charge in [-0.05, 0) is 44.5 Å². The molecule has 3 aromatic rings. The first-order chi connectivity index (χ1) is 21.4. The van der Waals surface area contributed by atoms with E-state index in [-0.39, 0.29) is 42.6 Å². The highest BCUT2D eigenvalue weighted by atomic mass is 19.1. The van der Waals surface area contributed by atoms with Gasteiger partial charge in [0.2, 0.25) is 5.91 Å². The summed E-state index contributed by atoms with van der Waals surface area (Å²) >= 11 is 0. The van der Waals surface area contributed by atoms with Crippen LogP contribution in [0.3, 0.4) is 0 Å². The summed E-state index contributed by atoms with van der Waals surface area (Å²) < 4.78 is 22.3. The number of aliphatic hydroxyl groups excluding tert-OH is 1. The third kappa shape index (κ3) is 6.44. The Bertz CT molecular complexity index is 1600. The molecule has 6 rings (SSSR count). The lowest BCUT2D eigenvalue weighted by atomic mass is 9.90. The van der Waals surface area contributed by atoms with Gasteiger partial charge in [0.1, 0.15) is 5.82 Å². The van der Waals surface area contributed by atoms with Crippen molar-refractivity contribution in [2.75, 3.05) is 57.4 Å². The number of rotatable bonds is 8. The van der Waals surface area contributed by atoms with Gasteiger partial charge in [0.15, 0.2) is 5.65 Å². The second-order valence-corrected chi connectivity index (χ2v) is 13.9. The fourth-order valence-electron chi connectivity index (χ4n) is 7.15. The van der Waals surface area contributed by atoms with Gasteiger partial charge in [-0.1, -0.05) is 26.0 Å². The zero-order valence-electron chi connectivity index (χ0n) is 27.0. The standard InChI is InChI=1S/C33H46FN7O4/c1-21-15-38(27(14-35-21)17-37-10-11-45-19-22(37)2)18-29(43)39-20-33(4,5)30-28(39)13-25(12-24-6-8-26(34)9-7-24)31-36-40(16-23(3)42)32(44)41(30)31/h6-9,13,21-23,27,35,42H,10-12,14-20H2,1-5H3/t21-,22-,23-,27-/m1/s1. The van der Waals surface area contributed by atoms with Gasteiger partial charge in [0.05, 0.1) is 43.8 Å². The molecule has 1 amide bonds. The van der Waals surface area contributed by atoms with E-state index in [1.54, 1.807) is 23.5 Å². The lowest BCUT2D eigenvalue weighted by molar-refractivity contribution is -0.121. The summed E-state index contributed by atoms with van der Waals surface area (Å²) in [6.07, 6.45) is -0.359. The van der Waals surface area contributed by atoms with Crippen LogP contribution in [0.4, 0.5) is 10.1 Å². The van der Waals surface area contributed by atoms with E-state index in [2.05, 4.69) is 34.1 Å². The number of hydrogen-bond donors (Lipinski definition) is 2. The molecule has 0 unspecified atom stereocenters. The number of ether oxygens (including phenoxy) is 1. The summed E-state index contributed by atoms with van der Waals surface area (Å²) in [5, 5.41) is 18.3. The fourth-order valence-corrected chi connectivity index (χ4v) is 7.15. The van der Waals surface area contributed by atoms with E-state index >= 15 is 0 Å².